The lowest BCUT2D eigenvalue weighted by Crippen LogP contribution is -2.30. The minimum absolute atomic E-state index is 0.0807. The van der Waals surface area contributed by atoms with Crippen LogP contribution in [0, 0.1) is 5.82 Å². The average Bonchev–Trinajstić information content (AvgIpc) is 2.29. The van der Waals surface area contributed by atoms with Crippen molar-refractivity contribution in [3.8, 4) is 0 Å². The zero-order chi connectivity index (χ0) is 12.8. The molecule has 0 aromatic heterocycles. The van der Waals surface area contributed by atoms with Crippen molar-refractivity contribution < 1.29 is 14.3 Å². The molecule has 0 bridgehead atoms. The van der Waals surface area contributed by atoms with Gasteiger partial charge in [0, 0.05) is 11.6 Å². The molecule has 0 spiro atoms. The Morgan fingerprint density at radius 1 is 1.35 bits per heavy atom. The fourth-order valence-corrected chi connectivity index (χ4v) is 2.01. The SMILES string of the molecule is CCN(CC)C(CC(=O)O)c1ccccc1F. The second-order valence-electron chi connectivity index (χ2n) is 3.86. The topological polar surface area (TPSA) is 40.5 Å². The van der Waals surface area contributed by atoms with E-state index in [1.165, 1.54) is 6.07 Å². The highest BCUT2D eigenvalue weighted by Crippen LogP contribution is 2.26. The molecule has 0 aliphatic rings. The third-order valence-corrected chi connectivity index (χ3v) is 2.89. The Hall–Kier alpha value is -1.42. The van der Waals surface area contributed by atoms with Crippen LogP contribution in [0.3, 0.4) is 0 Å². The molecule has 1 N–H and O–H groups in total. The van der Waals surface area contributed by atoms with Crippen LogP contribution in [0.15, 0.2) is 24.3 Å². The zero-order valence-corrected chi connectivity index (χ0v) is 10.2. The van der Waals surface area contributed by atoms with Gasteiger partial charge >= 0.3 is 5.97 Å². The highest BCUT2D eigenvalue weighted by molar-refractivity contribution is 5.68. The molecule has 0 amide bonds. The van der Waals surface area contributed by atoms with E-state index < -0.39 is 12.0 Å². The van der Waals surface area contributed by atoms with Crippen LogP contribution >= 0.6 is 0 Å². The second kappa shape index (κ2) is 6.35. The van der Waals surface area contributed by atoms with Gasteiger partial charge in [-0.2, -0.15) is 0 Å². The molecule has 17 heavy (non-hydrogen) atoms. The Labute approximate surface area is 101 Å². The fraction of sp³-hybridized carbons (Fsp3) is 0.462. The van der Waals surface area contributed by atoms with Crippen molar-refractivity contribution in [2.45, 2.75) is 26.3 Å². The summed E-state index contributed by atoms with van der Waals surface area (Å²) in [6.45, 7) is 5.28. The lowest BCUT2D eigenvalue weighted by atomic mass is 10.0. The summed E-state index contributed by atoms with van der Waals surface area (Å²) in [5.41, 5.74) is 0.457. The number of hydrogen-bond acceptors (Lipinski definition) is 2. The van der Waals surface area contributed by atoms with E-state index in [4.69, 9.17) is 5.11 Å². The van der Waals surface area contributed by atoms with Gasteiger partial charge in [0.25, 0.3) is 0 Å². The molecule has 0 heterocycles. The standard InChI is InChI=1S/C13H18FNO2/c1-3-15(4-2)12(9-13(16)17)10-7-5-6-8-11(10)14/h5-8,12H,3-4,9H2,1-2H3,(H,16,17). The minimum Gasteiger partial charge on any atom is -0.481 e. The quantitative estimate of drug-likeness (QED) is 0.829. The molecule has 1 aromatic carbocycles. The lowest BCUT2D eigenvalue weighted by molar-refractivity contribution is -0.138. The van der Waals surface area contributed by atoms with Crippen LogP contribution in [-0.4, -0.2) is 29.1 Å². The Balaban J connectivity index is 3.05. The second-order valence-corrected chi connectivity index (χ2v) is 3.86. The van der Waals surface area contributed by atoms with Crippen molar-refractivity contribution >= 4 is 5.97 Å². The third-order valence-electron chi connectivity index (χ3n) is 2.89. The van der Waals surface area contributed by atoms with E-state index in [9.17, 15) is 9.18 Å². The van der Waals surface area contributed by atoms with Gasteiger partial charge in [-0.15, -0.1) is 0 Å². The Morgan fingerprint density at radius 2 is 1.94 bits per heavy atom. The molecule has 1 unspecified atom stereocenters. The van der Waals surface area contributed by atoms with Crippen molar-refractivity contribution in [2.75, 3.05) is 13.1 Å². The molecule has 1 atom stereocenters. The molecule has 0 saturated heterocycles. The Kier molecular flexibility index (Phi) is 5.10. The molecule has 3 nitrogen and oxygen atoms in total. The Bertz CT molecular complexity index is 377. The number of hydrogen-bond donors (Lipinski definition) is 1. The van der Waals surface area contributed by atoms with Gasteiger partial charge < -0.3 is 5.11 Å². The third kappa shape index (κ3) is 3.53. The first-order valence-electron chi connectivity index (χ1n) is 5.80. The van der Waals surface area contributed by atoms with Crippen LogP contribution in [0.25, 0.3) is 0 Å². The summed E-state index contributed by atoms with van der Waals surface area (Å²) in [5.74, 6) is -1.25. The van der Waals surface area contributed by atoms with Gasteiger partial charge in [-0.25, -0.2) is 4.39 Å². The van der Waals surface area contributed by atoms with Crippen LogP contribution in [0.1, 0.15) is 31.9 Å². The maximum atomic E-state index is 13.7. The molecular weight excluding hydrogens is 221 g/mol. The average molecular weight is 239 g/mol. The van der Waals surface area contributed by atoms with E-state index in [0.717, 1.165) is 0 Å². The number of nitrogens with zero attached hydrogens (tertiary/aromatic N) is 1. The number of carbonyl (C=O) groups is 1. The first kappa shape index (κ1) is 13.6. The summed E-state index contributed by atoms with van der Waals surface area (Å²) >= 11 is 0. The normalized spacial score (nSPS) is 12.7. The number of benzene rings is 1. The van der Waals surface area contributed by atoms with Gasteiger partial charge in [0.15, 0.2) is 0 Å². The molecule has 0 aliphatic heterocycles. The predicted octanol–water partition coefficient (Wildman–Crippen LogP) is 2.68. The zero-order valence-electron chi connectivity index (χ0n) is 10.2. The summed E-state index contributed by atoms with van der Waals surface area (Å²) in [6, 6.07) is 5.97. The molecular formula is C13H18FNO2. The number of rotatable bonds is 6. The molecule has 1 rings (SSSR count). The number of carboxylic acid groups (broad SMARTS) is 1. The van der Waals surface area contributed by atoms with Gasteiger partial charge in [-0.1, -0.05) is 32.0 Å². The van der Waals surface area contributed by atoms with Crippen molar-refractivity contribution in [1.82, 2.24) is 4.90 Å². The predicted molar refractivity (Wildman–Crippen MR) is 64.3 cm³/mol. The Morgan fingerprint density at radius 3 is 2.41 bits per heavy atom. The lowest BCUT2D eigenvalue weighted by Gasteiger charge is -2.29. The van der Waals surface area contributed by atoms with Gasteiger partial charge in [-0.05, 0) is 19.2 Å². The van der Waals surface area contributed by atoms with Gasteiger partial charge in [-0.3, -0.25) is 9.69 Å². The van der Waals surface area contributed by atoms with Crippen LogP contribution < -0.4 is 0 Å². The minimum atomic E-state index is -0.912. The van der Waals surface area contributed by atoms with Crippen molar-refractivity contribution in [3.05, 3.63) is 35.6 Å². The van der Waals surface area contributed by atoms with Crippen molar-refractivity contribution in [2.24, 2.45) is 0 Å². The molecule has 0 aliphatic carbocycles. The monoisotopic (exact) mass is 239 g/mol. The fourth-order valence-electron chi connectivity index (χ4n) is 2.01. The van der Waals surface area contributed by atoms with E-state index >= 15 is 0 Å². The summed E-state index contributed by atoms with van der Waals surface area (Å²) in [7, 11) is 0. The van der Waals surface area contributed by atoms with E-state index in [1.54, 1.807) is 18.2 Å². The summed E-state index contributed by atoms with van der Waals surface area (Å²) in [5, 5.41) is 8.93. The molecule has 4 heteroatoms. The van der Waals surface area contributed by atoms with E-state index in [0.29, 0.717) is 18.7 Å². The maximum absolute atomic E-state index is 13.7. The smallest absolute Gasteiger partial charge is 0.305 e. The van der Waals surface area contributed by atoms with Crippen LogP contribution in [0.5, 0.6) is 0 Å². The first-order chi connectivity index (χ1) is 8.10. The van der Waals surface area contributed by atoms with E-state index in [2.05, 4.69) is 0 Å². The van der Waals surface area contributed by atoms with Crippen LogP contribution in [0.4, 0.5) is 4.39 Å². The largest absolute Gasteiger partial charge is 0.481 e. The number of halogens is 1. The molecule has 0 radical (unpaired) electrons. The maximum Gasteiger partial charge on any atom is 0.305 e. The number of aliphatic carboxylic acids is 1. The van der Waals surface area contributed by atoms with Gasteiger partial charge in [0.05, 0.1) is 6.42 Å². The summed E-state index contributed by atoms with van der Waals surface area (Å²) in [4.78, 5) is 12.8. The van der Waals surface area contributed by atoms with E-state index in [-0.39, 0.29) is 12.2 Å². The summed E-state index contributed by atoms with van der Waals surface area (Å²) in [6.07, 6.45) is -0.0807. The molecule has 0 fully saturated rings. The van der Waals surface area contributed by atoms with E-state index in [1.807, 2.05) is 18.7 Å². The van der Waals surface area contributed by atoms with Crippen LogP contribution in [0.2, 0.25) is 0 Å². The molecule has 1 aromatic rings. The molecule has 94 valence electrons. The first-order valence-corrected chi connectivity index (χ1v) is 5.80. The highest BCUT2D eigenvalue weighted by atomic mass is 19.1. The number of carboxylic acids is 1. The van der Waals surface area contributed by atoms with Gasteiger partial charge in [0.2, 0.25) is 0 Å². The van der Waals surface area contributed by atoms with Crippen LogP contribution in [-0.2, 0) is 4.79 Å². The molecule has 0 saturated carbocycles. The van der Waals surface area contributed by atoms with Crippen molar-refractivity contribution in [3.63, 3.8) is 0 Å². The van der Waals surface area contributed by atoms with Crippen molar-refractivity contribution in [1.29, 1.82) is 0 Å². The summed E-state index contributed by atoms with van der Waals surface area (Å²) < 4.78 is 13.7. The van der Waals surface area contributed by atoms with Gasteiger partial charge in [0.1, 0.15) is 5.82 Å². The highest BCUT2D eigenvalue weighted by Gasteiger charge is 2.23.